The van der Waals surface area contributed by atoms with E-state index in [4.69, 9.17) is 11.6 Å². The summed E-state index contributed by atoms with van der Waals surface area (Å²) in [4.78, 5) is 15.3. The summed E-state index contributed by atoms with van der Waals surface area (Å²) < 4.78 is 1.56. The van der Waals surface area contributed by atoms with Gasteiger partial charge in [-0.05, 0) is 19.9 Å². The number of aromatic nitrogens is 3. The molecule has 2 rings (SSSR count). The monoisotopic (exact) mass is 223 g/mol. The Kier molecular flexibility index (Phi) is 2.44. The molecule has 78 valence electrons. The van der Waals surface area contributed by atoms with E-state index in [0.29, 0.717) is 22.9 Å². The van der Waals surface area contributed by atoms with E-state index in [1.54, 1.807) is 10.6 Å². The molecule has 0 aliphatic heterocycles. The average Bonchev–Trinajstić information content (AvgIpc) is 2.44. The number of rotatable bonds is 2. The first kappa shape index (κ1) is 10.1. The van der Waals surface area contributed by atoms with Crippen LogP contribution in [0.1, 0.15) is 18.3 Å². The number of halogens is 1. The molecule has 0 spiro atoms. The van der Waals surface area contributed by atoms with Gasteiger partial charge in [-0.3, -0.25) is 4.79 Å². The molecule has 0 saturated carbocycles. The lowest BCUT2D eigenvalue weighted by Gasteiger charge is -2.00. The molecule has 4 nitrogen and oxygen atoms in total. The van der Waals surface area contributed by atoms with Gasteiger partial charge in [0.2, 0.25) is 0 Å². The third-order valence-electron chi connectivity index (χ3n) is 1.99. The summed E-state index contributed by atoms with van der Waals surface area (Å²) in [6.07, 6.45) is 0.306. The van der Waals surface area contributed by atoms with Crippen molar-refractivity contribution < 1.29 is 4.79 Å². The molecule has 0 bridgehead atoms. The van der Waals surface area contributed by atoms with Crippen LogP contribution in [0.3, 0.4) is 0 Å². The fourth-order valence-corrected chi connectivity index (χ4v) is 1.70. The SMILES string of the molecule is CC(=O)Cc1cc(Cl)n2nc(C)cc2n1. The van der Waals surface area contributed by atoms with E-state index in [9.17, 15) is 4.79 Å². The van der Waals surface area contributed by atoms with Crippen LogP contribution in [0.2, 0.25) is 5.15 Å². The topological polar surface area (TPSA) is 47.3 Å². The molecule has 5 heteroatoms. The number of ketones is 1. The van der Waals surface area contributed by atoms with Crippen molar-refractivity contribution in [3.8, 4) is 0 Å². The summed E-state index contributed by atoms with van der Waals surface area (Å²) in [5, 5.41) is 4.65. The minimum Gasteiger partial charge on any atom is -0.300 e. The van der Waals surface area contributed by atoms with Crippen LogP contribution in [-0.2, 0) is 11.2 Å². The number of carbonyl (C=O) groups is 1. The van der Waals surface area contributed by atoms with Crippen molar-refractivity contribution in [2.24, 2.45) is 0 Å². The minimum atomic E-state index is 0.0687. The van der Waals surface area contributed by atoms with Crippen molar-refractivity contribution in [1.29, 1.82) is 0 Å². The van der Waals surface area contributed by atoms with E-state index in [1.165, 1.54) is 6.92 Å². The Morgan fingerprint density at radius 2 is 2.27 bits per heavy atom. The van der Waals surface area contributed by atoms with E-state index in [2.05, 4.69) is 10.1 Å². The van der Waals surface area contributed by atoms with E-state index >= 15 is 0 Å². The van der Waals surface area contributed by atoms with Crippen LogP contribution >= 0.6 is 11.6 Å². The number of fused-ring (bicyclic) bond motifs is 1. The maximum atomic E-state index is 11.0. The summed E-state index contributed by atoms with van der Waals surface area (Å²) in [6, 6.07) is 3.50. The number of nitrogens with zero attached hydrogens (tertiary/aromatic N) is 3. The fourth-order valence-electron chi connectivity index (χ4n) is 1.45. The van der Waals surface area contributed by atoms with Gasteiger partial charge in [-0.15, -0.1) is 0 Å². The summed E-state index contributed by atoms with van der Waals surface area (Å²) in [6.45, 7) is 3.40. The van der Waals surface area contributed by atoms with Gasteiger partial charge in [0, 0.05) is 12.5 Å². The quantitative estimate of drug-likeness (QED) is 0.730. The molecule has 2 aromatic rings. The van der Waals surface area contributed by atoms with Gasteiger partial charge in [-0.25, -0.2) is 9.50 Å². The Hall–Kier alpha value is -1.42. The van der Waals surface area contributed by atoms with Gasteiger partial charge < -0.3 is 0 Å². The molecule has 0 radical (unpaired) electrons. The molecule has 15 heavy (non-hydrogen) atoms. The highest BCUT2D eigenvalue weighted by Crippen LogP contribution is 2.14. The lowest BCUT2D eigenvalue weighted by Crippen LogP contribution is -2.02. The summed E-state index contributed by atoms with van der Waals surface area (Å²) >= 11 is 6.01. The zero-order valence-electron chi connectivity index (χ0n) is 8.49. The Labute approximate surface area is 91.9 Å². The predicted molar refractivity (Wildman–Crippen MR) is 57.1 cm³/mol. The van der Waals surface area contributed by atoms with Crippen molar-refractivity contribution >= 4 is 23.0 Å². The Balaban J connectivity index is 2.56. The van der Waals surface area contributed by atoms with Gasteiger partial charge in [0.15, 0.2) is 5.65 Å². The maximum absolute atomic E-state index is 11.0. The molecule has 2 heterocycles. The third-order valence-corrected chi connectivity index (χ3v) is 2.26. The van der Waals surface area contributed by atoms with E-state index in [1.807, 2.05) is 13.0 Å². The molecule has 0 unspecified atom stereocenters. The van der Waals surface area contributed by atoms with Crippen molar-refractivity contribution in [2.75, 3.05) is 0 Å². The normalized spacial score (nSPS) is 10.9. The molecule has 0 saturated heterocycles. The molecule has 0 aliphatic carbocycles. The number of hydrogen-bond donors (Lipinski definition) is 0. The summed E-state index contributed by atoms with van der Waals surface area (Å²) in [5.41, 5.74) is 2.21. The number of hydrogen-bond acceptors (Lipinski definition) is 3. The summed E-state index contributed by atoms with van der Waals surface area (Å²) in [5.74, 6) is 0.0687. The molecular weight excluding hydrogens is 214 g/mol. The lowest BCUT2D eigenvalue weighted by molar-refractivity contribution is -0.116. The first-order valence-corrected chi connectivity index (χ1v) is 4.95. The average molecular weight is 224 g/mol. The highest BCUT2D eigenvalue weighted by atomic mass is 35.5. The van der Waals surface area contributed by atoms with Crippen molar-refractivity contribution in [2.45, 2.75) is 20.3 Å². The molecular formula is C10H10ClN3O. The summed E-state index contributed by atoms with van der Waals surface area (Å²) in [7, 11) is 0. The number of aryl methyl sites for hydroxylation is 1. The maximum Gasteiger partial charge on any atom is 0.157 e. The Bertz CT molecular complexity index is 533. The molecule has 0 aliphatic rings. The largest absolute Gasteiger partial charge is 0.300 e. The van der Waals surface area contributed by atoms with Crippen LogP contribution in [0.4, 0.5) is 0 Å². The van der Waals surface area contributed by atoms with Gasteiger partial charge in [0.1, 0.15) is 10.9 Å². The first-order valence-electron chi connectivity index (χ1n) is 4.57. The van der Waals surface area contributed by atoms with Crippen LogP contribution in [-0.4, -0.2) is 20.4 Å². The molecule has 2 aromatic heterocycles. The smallest absolute Gasteiger partial charge is 0.157 e. The van der Waals surface area contributed by atoms with Crippen molar-refractivity contribution in [3.05, 3.63) is 28.7 Å². The predicted octanol–water partition coefficient (Wildman–Crippen LogP) is 1.82. The van der Waals surface area contributed by atoms with Gasteiger partial charge in [0.25, 0.3) is 0 Å². The van der Waals surface area contributed by atoms with Gasteiger partial charge in [0.05, 0.1) is 11.4 Å². The molecule has 0 aromatic carbocycles. The number of carbonyl (C=O) groups excluding carboxylic acids is 1. The Morgan fingerprint density at radius 1 is 1.53 bits per heavy atom. The zero-order chi connectivity index (χ0) is 11.0. The fraction of sp³-hybridized carbons (Fsp3) is 0.300. The third kappa shape index (κ3) is 1.99. The standard InChI is InChI=1S/C10H10ClN3O/c1-6-3-10-12-8(4-7(2)15)5-9(11)14(10)13-6/h3,5H,4H2,1-2H3. The van der Waals surface area contributed by atoms with E-state index in [0.717, 1.165) is 5.69 Å². The minimum absolute atomic E-state index is 0.0687. The number of Topliss-reactive ketones (excluding diaryl/α,β-unsaturated/α-hetero) is 1. The second kappa shape index (κ2) is 3.62. The molecule has 0 atom stereocenters. The van der Waals surface area contributed by atoms with Crippen molar-refractivity contribution in [1.82, 2.24) is 14.6 Å². The van der Waals surface area contributed by atoms with Crippen LogP contribution in [0.15, 0.2) is 12.1 Å². The van der Waals surface area contributed by atoms with Gasteiger partial charge in [-0.2, -0.15) is 5.10 Å². The highest BCUT2D eigenvalue weighted by Gasteiger charge is 2.07. The van der Waals surface area contributed by atoms with E-state index in [-0.39, 0.29) is 5.78 Å². The van der Waals surface area contributed by atoms with Crippen LogP contribution in [0, 0.1) is 6.92 Å². The molecule has 0 amide bonds. The van der Waals surface area contributed by atoms with Crippen LogP contribution in [0.25, 0.3) is 5.65 Å². The van der Waals surface area contributed by atoms with Crippen LogP contribution < -0.4 is 0 Å². The van der Waals surface area contributed by atoms with Crippen LogP contribution in [0.5, 0.6) is 0 Å². The molecule has 0 N–H and O–H groups in total. The Morgan fingerprint density at radius 3 is 2.93 bits per heavy atom. The molecule has 0 fully saturated rings. The van der Waals surface area contributed by atoms with E-state index < -0.39 is 0 Å². The van der Waals surface area contributed by atoms with Crippen molar-refractivity contribution in [3.63, 3.8) is 0 Å². The zero-order valence-corrected chi connectivity index (χ0v) is 9.25. The van der Waals surface area contributed by atoms with Gasteiger partial charge in [-0.1, -0.05) is 11.6 Å². The second-order valence-corrected chi connectivity index (χ2v) is 3.89. The highest BCUT2D eigenvalue weighted by molar-refractivity contribution is 6.29. The van der Waals surface area contributed by atoms with Gasteiger partial charge >= 0.3 is 0 Å². The lowest BCUT2D eigenvalue weighted by atomic mass is 10.2. The second-order valence-electron chi connectivity index (χ2n) is 3.50. The first-order chi connectivity index (χ1) is 7.06.